The van der Waals surface area contributed by atoms with Crippen LogP contribution >= 0.6 is 35.3 Å². The monoisotopic (exact) mass is 498 g/mol. The summed E-state index contributed by atoms with van der Waals surface area (Å²) < 4.78 is 39.5. The average molecular weight is 498 g/mol. The maximum Gasteiger partial charge on any atom is 0.243 e. The number of benzene rings is 1. The van der Waals surface area contributed by atoms with Crippen LogP contribution in [-0.4, -0.2) is 32.0 Å². The molecule has 0 bridgehead atoms. The van der Waals surface area contributed by atoms with E-state index in [1.807, 2.05) is 17.5 Å². The van der Waals surface area contributed by atoms with Gasteiger partial charge in [-0.05, 0) is 30.0 Å². The van der Waals surface area contributed by atoms with Gasteiger partial charge in [-0.15, -0.1) is 35.3 Å². The molecule has 0 aliphatic heterocycles. The zero-order valence-electron chi connectivity index (χ0n) is 13.8. The zero-order chi connectivity index (χ0) is 18.2. The van der Waals surface area contributed by atoms with Crippen LogP contribution in [0.1, 0.15) is 4.88 Å². The molecule has 1 amide bonds. The standard InChI is InChI=1S/C16H17F3N4OS.HI/c1-20-16(21-7-6-10-3-2-8-25-10)22-9-13(24)23-12-5-4-11(17)14(18)15(12)19;/h2-5,8H,6-7,9H2,1H3,(H,23,24)(H2,20,21,22);1H. The topological polar surface area (TPSA) is 65.5 Å². The molecule has 142 valence electrons. The predicted molar refractivity (Wildman–Crippen MR) is 108 cm³/mol. The summed E-state index contributed by atoms with van der Waals surface area (Å²) in [6, 6.07) is 5.69. The highest BCUT2D eigenvalue weighted by molar-refractivity contribution is 14.0. The number of carbonyl (C=O) groups excluding carboxylic acids is 1. The summed E-state index contributed by atoms with van der Waals surface area (Å²) in [7, 11) is 1.55. The fourth-order valence-electron chi connectivity index (χ4n) is 1.96. The molecule has 0 atom stereocenters. The van der Waals surface area contributed by atoms with E-state index in [2.05, 4.69) is 20.9 Å². The quantitative estimate of drug-likeness (QED) is 0.248. The number of halogens is 4. The molecule has 1 aromatic carbocycles. The maximum absolute atomic E-state index is 13.5. The molecule has 1 heterocycles. The SMILES string of the molecule is CN=C(NCCc1cccs1)NCC(=O)Nc1ccc(F)c(F)c1F.I. The summed E-state index contributed by atoms with van der Waals surface area (Å²) in [5, 5.41) is 9.95. The Morgan fingerprint density at radius 1 is 1.15 bits per heavy atom. The molecule has 0 fully saturated rings. The second-order valence-electron chi connectivity index (χ2n) is 4.95. The maximum atomic E-state index is 13.5. The third kappa shape index (κ3) is 6.48. The minimum Gasteiger partial charge on any atom is -0.356 e. The molecule has 0 radical (unpaired) electrons. The first kappa shape index (κ1) is 22.2. The van der Waals surface area contributed by atoms with Gasteiger partial charge in [-0.2, -0.15) is 0 Å². The van der Waals surface area contributed by atoms with Crippen LogP contribution in [0.15, 0.2) is 34.6 Å². The number of nitrogens with one attached hydrogen (secondary N) is 3. The lowest BCUT2D eigenvalue weighted by Crippen LogP contribution is -2.42. The molecule has 0 unspecified atom stereocenters. The molecule has 10 heteroatoms. The smallest absolute Gasteiger partial charge is 0.243 e. The van der Waals surface area contributed by atoms with E-state index >= 15 is 0 Å². The van der Waals surface area contributed by atoms with Crippen LogP contribution < -0.4 is 16.0 Å². The molecule has 26 heavy (non-hydrogen) atoms. The van der Waals surface area contributed by atoms with Gasteiger partial charge in [0.15, 0.2) is 23.4 Å². The van der Waals surface area contributed by atoms with Gasteiger partial charge in [0.2, 0.25) is 5.91 Å². The van der Waals surface area contributed by atoms with Gasteiger partial charge in [-0.25, -0.2) is 13.2 Å². The van der Waals surface area contributed by atoms with Crippen LogP contribution in [0.4, 0.5) is 18.9 Å². The number of anilines is 1. The summed E-state index contributed by atoms with van der Waals surface area (Å²) >= 11 is 1.65. The summed E-state index contributed by atoms with van der Waals surface area (Å²) in [6.07, 6.45) is 0.810. The molecule has 0 aliphatic carbocycles. The van der Waals surface area contributed by atoms with Gasteiger partial charge in [0.25, 0.3) is 0 Å². The van der Waals surface area contributed by atoms with E-state index in [1.165, 1.54) is 4.88 Å². The fraction of sp³-hybridized carbons (Fsp3) is 0.250. The zero-order valence-corrected chi connectivity index (χ0v) is 17.0. The van der Waals surface area contributed by atoms with Crippen LogP contribution in [0.25, 0.3) is 0 Å². The lowest BCUT2D eigenvalue weighted by Gasteiger charge is -2.12. The van der Waals surface area contributed by atoms with Gasteiger partial charge < -0.3 is 16.0 Å². The van der Waals surface area contributed by atoms with Crippen molar-refractivity contribution in [3.05, 3.63) is 52.0 Å². The lowest BCUT2D eigenvalue weighted by molar-refractivity contribution is -0.115. The summed E-state index contributed by atoms with van der Waals surface area (Å²) in [6.45, 7) is 0.413. The highest BCUT2D eigenvalue weighted by Crippen LogP contribution is 2.19. The van der Waals surface area contributed by atoms with Gasteiger partial charge in [0.05, 0.1) is 12.2 Å². The number of amides is 1. The molecule has 0 aliphatic rings. The fourth-order valence-corrected chi connectivity index (χ4v) is 2.67. The summed E-state index contributed by atoms with van der Waals surface area (Å²) in [4.78, 5) is 17.0. The third-order valence-electron chi connectivity index (χ3n) is 3.19. The normalized spacial score (nSPS) is 10.8. The Kier molecular flexibility index (Phi) is 9.41. The van der Waals surface area contributed by atoms with Crippen LogP contribution in [0.5, 0.6) is 0 Å². The van der Waals surface area contributed by atoms with E-state index in [0.717, 1.165) is 18.6 Å². The second-order valence-corrected chi connectivity index (χ2v) is 5.99. The first-order valence-corrected chi connectivity index (χ1v) is 8.29. The van der Waals surface area contributed by atoms with Crippen molar-refractivity contribution in [1.82, 2.24) is 10.6 Å². The number of aliphatic imine (C=N–C) groups is 1. The van der Waals surface area contributed by atoms with Gasteiger partial charge in [0, 0.05) is 18.5 Å². The number of hydrogen-bond acceptors (Lipinski definition) is 3. The van der Waals surface area contributed by atoms with Gasteiger partial charge in [-0.1, -0.05) is 6.07 Å². The molecule has 2 rings (SSSR count). The third-order valence-corrected chi connectivity index (χ3v) is 4.13. The predicted octanol–water partition coefficient (Wildman–Crippen LogP) is 3.13. The Bertz CT molecular complexity index is 756. The first-order chi connectivity index (χ1) is 12.0. The van der Waals surface area contributed by atoms with Crippen molar-refractivity contribution in [3.63, 3.8) is 0 Å². The van der Waals surface area contributed by atoms with Crippen molar-refractivity contribution >= 4 is 52.9 Å². The van der Waals surface area contributed by atoms with Crippen molar-refractivity contribution in [2.24, 2.45) is 4.99 Å². The van der Waals surface area contributed by atoms with Crippen molar-refractivity contribution in [1.29, 1.82) is 0 Å². The Balaban J connectivity index is 0.00000338. The largest absolute Gasteiger partial charge is 0.356 e. The van der Waals surface area contributed by atoms with Gasteiger partial charge in [-0.3, -0.25) is 9.79 Å². The number of hydrogen-bond donors (Lipinski definition) is 3. The number of thiophene rings is 1. The van der Waals surface area contributed by atoms with Crippen LogP contribution in [-0.2, 0) is 11.2 Å². The van der Waals surface area contributed by atoms with E-state index in [9.17, 15) is 18.0 Å². The molecule has 0 spiro atoms. The first-order valence-electron chi connectivity index (χ1n) is 7.41. The van der Waals surface area contributed by atoms with Crippen molar-refractivity contribution < 1.29 is 18.0 Å². The molecule has 3 N–H and O–H groups in total. The van der Waals surface area contributed by atoms with Crippen molar-refractivity contribution in [2.75, 3.05) is 25.5 Å². The minimum absolute atomic E-state index is 0. The number of rotatable bonds is 6. The van der Waals surface area contributed by atoms with E-state index < -0.39 is 29.0 Å². The van der Waals surface area contributed by atoms with Crippen LogP contribution in [0.2, 0.25) is 0 Å². The van der Waals surface area contributed by atoms with E-state index in [-0.39, 0.29) is 30.5 Å². The Morgan fingerprint density at radius 2 is 1.92 bits per heavy atom. The summed E-state index contributed by atoms with van der Waals surface area (Å²) in [5.74, 6) is -4.60. The van der Waals surface area contributed by atoms with Crippen LogP contribution in [0.3, 0.4) is 0 Å². The molecular formula is C16H18F3IN4OS. The molecule has 1 aromatic heterocycles. The van der Waals surface area contributed by atoms with Crippen molar-refractivity contribution in [2.45, 2.75) is 6.42 Å². The highest BCUT2D eigenvalue weighted by atomic mass is 127. The Morgan fingerprint density at radius 3 is 2.58 bits per heavy atom. The van der Waals surface area contributed by atoms with E-state index in [0.29, 0.717) is 12.5 Å². The lowest BCUT2D eigenvalue weighted by atomic mass is 10.2. The molecular weight excluding hydrogens is 480 g/mol. The molecule has 5 nitrogen and oxygen atoms in total. The number of guanidine groups is 1. The van der Waals surface area contributed by atoms with Gasteiger partial charge >= 0.3 is 0 Å². The highest BCUT2D eigenvalue weighted by Gasteiger charge is 2.15. The van der Waals surface area contributed by atoms with Crippen LogP contribution in [0, 0.1) is 17.5 Å². The summed E-state index contributed by atoms with van der Waals surface area (Å²) in [5.41, 5.74) is -0.425. The average Bonchev–Trinajstić information content (AvgIpc) is 3.12. The number of nitrogens with zero attached hydrogens (tertiary/aromatic N) is 1. The second kappa shape index (κ2) is 11.0. The Labute approximate surface area is 170 Å². The Hall–Kier alpha value is -1.82. The number of carbonyl (C=O) groups is 1. The van der Waals surface area contributed by atoms with E-state index in [1.54, 1.807) is 18.4 Å². The van der Waals surface area contributed by atoms with E-state index in [4.69, 9.17) is 0 Å². The molecule has 0 saturated carbocycles. The molecule has 0 saturated heterocycles. The van der Waals surface area contributed by atoms with Gasteiger partial charge in [0.1, 0.15) is 0 Å². The van der Waals surface area contributed by atoms with Crippen molar-refractivity contribution in [3.8, 4) is 0 Å². The molecule has 2 aromatic rings. The minimum atomic E-state index is -1.63.